The fraction of sp³-hybridized carbons (Fsp3) is 0.438. The number of nitrogens with one attached hydrogen (secondary N) is 1. The molecule has 0 saturated heterocycles. The van der Waals surface area contributed by atoms with Crippen LogP contribution >= 0.6 is 0 Å². The van der Waals surface area contributed by atoms with Gasteiger partial charge >= 0.3 is 0 Å². The first-order valence-electron chi connectivity index (χ1n) is 6.87. The Morgan fingerprint density at radius 3 is 2.50 bits per heavy atom. The first kappa shape index (κ1) is 14.7. The van der Waals surface area contributed by atoms with Gasteiger partial charge in [0.25, 0.3) is 0 Å². The van der Waals surface area contributed by atoms with Gasteiger partial charge in [-0.1, -0.05) is 27.7 Å². The summed E-state index contributed by atoms with van der Waals surface area (Å²) in [6, 6.07) is 4.60. The van der Waals surface area contributed by atoms with Crippen molar-refractivity contribution in [1.82, 2.24) is 4.98 Å². The molecule has 2 nitrogen and oxygen atoms in total. The summed E-state index contributed by atoms with van der Waals surface area (Å²) in [5, 5.41) is 3.83. The molecule has 0 saturated carbocycles. The number of pyridine rings is 1. The van der Waals surface area contributed by atoms with E-state index in [1.807, 2.05) is 13.0 Å². The van der Waals surface area contributed by atoms with E-state index in [4.69, 9.17) is 0 Å². The van der Waals surface area contributed by atoms with E-state index in [-0.39, 0.29) is 10.9 Å². The number of aromatic nitrogens is 1. The molecule has 2 rings (SSSR count). The molecule has 0 aliphatic heterocycles. The highest BCUT2D eigenvalue weighted by Crippen LogP contribution is 2.32. The number of fused-ring (bicyclic) bond motifs is 1. The molecule has 2 aromatic rings. The molecule has 4 heteroatoms. The van der Waals surface area contributed by atoms with E-state index < -0.39 is 11.6 Å². The number of halogens is 2. The number of rotatable bonds is 3. The molecule has 0 spiro atoms. The fourth-order valence-electron chi connectivity index (χ4n) is 2.13. The number of hydrogen-bond acceptors (Lipinski definition) is 2. The van der Waals surface area contributed by atoms with Gasteiger partial charge in [0.1, 0.15) is 11.3 Å². The van der Waals surface area contributed by atoms with Crippen LogP contribution in [0.25, 0.3) is 10.9 Å². The largest absolute Gasteiger partial charge is 0.370 e. The summed E-state index contributed by atoms with van der Waals surface area (Å²) in [5.74, 6) is -1.12. The van der Waals surface area contributed by atoms with Gasteiger partial charge in [0.05, 0.1) is 0 Å². The third kappa shape index (κ3) is 2.74. The first-order valence-corrected chi connectivity index (χ1v) is 6.87. The number of nitrogens with zero attached hydrogens (tertiary/aromatic N) is 1. The lowest BCUT2D eigenvalue weighted by atomic mass is 9.86. The zero-order chi connectivity index (χ0) is 14.9. The summed E-state index contributed by atoms with van der Waals surface area (Å²) in [6.45, 7) is 9.02. The second-order valence-corrected chi connectivity index (χ2v) is 5.99. The molecule has 0 bridgehead atoms. The maximum atomic E-state index is 13.9. The van der Waals surface area contributed by atoms with Crippen molar-refractivity contribution in [3.05, 3.63) is 35.4 Å². The molecule has 0 unspecified atom stereocenters. The van der Waals surface area contributed by atoms with Gasteiger partial charge in [0, 0.05) is 17.5 Å². The zero-order valence-corrected chi connectivity index (χ0v) is 12.3. The van der Waals surface area contributed by atoms with Crippen molar-refractivity contribution in [3.8, 4) is 0 Å². The Kier molecular flexibility index (Phi) is 3.93. The molecule has 1 N–H and O–H groups in total. The van der Waals surface area contributed by atoms with Gasteiger partial charge in [-0.05, 0) is 30.0 Å². The smallest absolute Gasteiger partial charge is 0.185 e. The monoisotopic (exact) mass is 278 g/mol. The molecule has 0 aliphatic rings. The minimum atomic E-state index is -0.887. The summed E-state index contributed by atoms with van der Waals surface area (Å²) in [6.07, 6.45) is 0.939. The Labute approximate surface area is 118 Å². The molecule has 0 radical (unpaired) electrons. The predicted octanol–water partition coefficient (Wildman–Crippen LogP) is 4.63. The first-order chi connectivity index (χ1) is 9.34. The van der Waals surface area contributed by atoms with Crippen molar-refractivity contribution in [2.45, 2.75) is 39.5 Å². The quantitative estimate of drug-likeness (QED) is 0.885. The van der Waals surface area contributed by atoms with E-state index in [0.29, 0.717) is 11.2 Å². The molecule has 0 aliphatic carbocycles. The molecular formula is C16H20F2N2. The van der Waals surface area contributed by atoms with E-state index in [1.54, 1.807) is 6.07 Å². The van der Waals surface area contributed by atoms with Crippen LogP contribution < -0.4 is 5.32 Å². The Balaban J connectivity index is 2.68. The number of hydrogen-bond donors (Lipinski definition) is 1. The minimum Gasteiger partial charge on any atom is -0.370 e. The molecule has 1 aromatic heterocycles. The lowest BCUT2D eigenvalue weighted by Crippen LogP contribution is -2.17. The molecule has 20 heavy (non-hydrogen) atoms. The van der Waals surface area contributed by atoms with Gasteiger partial charge in [0.15, 0.2) is 11.6 Å². The van der Waals surface area contributed by atoms with Crippen molar-refractivity contribution in [3.63, 3.8) is 0 Å². The molecule has 0 amide bonds. The van der Waals surface area contributed by atoms with Gasteiger partial charge < -0.3 is 5.32 Å². The van der Waals surface area contributed by atoms with Crippen molar-refractivity contribution in [2.75, 3.05) is 11.9 Å². The highest BCUT2D eigenvalue weighted by atomic mass is 19.2. The van der Waals surface area contributed by atoms with Crippen LogP contribution in [-0.2, 0) is 5.41 Å². The van der Waals surface area contributed by atoms with Crippen LogP contribution in [0.5, 0.6) is 0 Å². The second kappa shape index (κ2) is 5.35. The van der Waals surface area contributed by atoms with Gasteiger partial charge in [-0.25, -0.2) is 13.8 Å². The Bertz CT molecular complexity index is 630. The number of anilines is 1. The maximum absolute atomic E-state index is 13.9. The van der Waals surface area contributed by atoms with Crippen LogP contribution in [0, 0.1) is 11.6 Å². The zero-order valence-electron chi connectivity index (χ0n) is 12.3. The van der Waals surface area contributed by atoms with Crippen LogP contribution in [0.4, 0.5) is 14.6 Å². The van der Waals surface area contributed by atoms with E-state index in [1.165, 1.54) is 0 Å². The number of benzene rings is 1. The van der Waals surface area contributed by atoms with Crippen molar-refractivity contribution >= 4 is 16.7 Å². The van der Waals surface area contributed by atoms with Crippen LogP contribution in [0.15, 0.2) is 18.2 Å². The predicted molar refractivity (Wildman–Crippen MR) is 79.1 cm³/mol. The lowest BCUT2D eigenvalue weighted by Gasteiger charge is -2.23. The SMILES string of the molecule is CCCNc1nc2c(F)c(F)ccc2cc1C(C)(C)C. The van der Waals surface area contributed by atoms with E-state index in [0.717, 1.165) is 24.6 Å². The van der Waals surface area contributed by atoms with Crippen LogP contribution in [0.2, 0.25) is 0 Å². The molecule has 0 atom stereocenters. The van der Waals surface area contributed by atoms with Gasteiger partial charge in [0.2, 0.25) is 0 Å². The molecular weight excluding hydrogens is 258 g/mol. The fourth-order valence-corrected chi connectivity index (χ4v) is 2.13. The third-order valence-electron chi connectivity index (χ3n) is 3.23. The van der Waals surface area contributed by atoms with Crippen molar-refractivity contribution in [1.29, 1.82) is 0 Å². The summed E-state index contributed by atoms with van der Waals surface area (Å²) >= 11 is 0. The van der Waals surface area contributed by atoms with E-state index in [2.05, 4.69) is 31.1 Å². The second-order valence-electron chi connectivity index (χ2n) is 5.99. The Hall–Kier alpha value is -1.71. The normalized spacial score (nSPS) is 11.9. The standard InChI is InChI=1S/C16H20F2N2/c1-5-8-19-15-11(16(2,3)4)9-10-6-7-12(17)13(18)14(10)20-15/h6-7,9H,5,8H2,1-4H3,(H,19,20). The van der Waals surface area contributed by atoms with Crippen LogP contribution in [0.3, 0.4) is 0 Å². The Morgan fingerprint density at radius 2 is 1.90 bits per heavy atom. The van der Waals surface area contributed by atoms with Gasteiger partial charge in [-0.3, -0.25) is 0 Å². The Morgan fingerprint density at radius 1 is 1.20 bits per heavy atom. The highest BCUT2D eigenvalue weighted by molar-refractivity contribution is 5.82. The lowest BCUT2D eigenvalue weighted by molar-refractivity contribution is 0.515. The van der Waals surface area contributed by atoms with Crippen molar-refractivity contribution < 1.29 is 8.78 Å². The van der Waals surface area contributed by atoms with Gasteiger partial charge in [-0.15, -0.1) is 0 Å². The molecule has 1 aromatic carbocycles. The highest BCUT2D eigenvalue weighted by Gasteiger charge is 2.21. The van der Waals surface area contributed by atoms with Crippen LogP contribution in [0.1, 0.15) is 39.7 Å². The summed E-state index contributed by atoms with van der Waals surface area (Å²) in [5.41, 5.74) is 0.961. The van der Waals surface area contributed by atoms with Crippen molar-refractivity contribution in [2.24, 2.45) is 0 Å². The average Bonchev–Trinajstić information content (AvgIpc) is 2.39. The molecule has 0 fully saturated rings. The average molecular weight is 278 g/mol. The minimum absolute atomic E-state index is 0.0802. The molecule has 108 valence electrons. The summed E-state index contributed by atoms with van der Waals surface area (Å²) < 4.78 is 27.2. The topological polar surface area (TPSA) is 24.9 Å². The van der Waals surface area contributed by atoms with Gasteiger partial charge in [-0.2, -0.15) is 0 Å². The van der Waals surface area contributed by atoms with Crippen LogP contribution in [-0.4, -0.2) is 11.5 Å². The maximum Gasteiger partial charge on any atom is 0.185 e. The molecule has 1 heterocycles. The summed E-state index contributed by atoms with van der Waals surface area (Å²) in [7, 11) is 0. The van der Waals surface area contributed by atoms with E-state index >= 15 is 0 Å². The summed E-state index contributed by atoms with van der Waals surface area (Å²) in [4.78, 5) is 4.31. The third-order valence-corrected chi connectivity index (χ3v) is 3.23. The van der Waals surface area contributed by atoms with E-state index in [9.17, 15) is 8.78 Å².